The fourth-order valence-electron chi connectivity index (χ4n) is 2.02. The summed E-state index contributed by atoms with van der Waals surface area (Å²) in [5.74, 6) is -0.952. The summed E-state index contributed by atoms with van der Waals surface area (Å²) in [6.07, 6.45) is 0. The predicted octanol–water partition coefficient (Wildman–Crippen LogP) is 2.91. The van der Waals surface area contributed by atoms with Crippen molar-refractivity contribution in [3.8, 4) is 11.4 Å². The minimum atomic E-state index is -1.04. The Labute approximate surface area is 110 Å². The van der Waals surface area contributed by atoms with Gasteiger partial charge in [0.2, 0.25) is 0 Å². The normalized spacial score (nSPS) is 10.5. The molecule has 0 unspecified atom stereocenters. The molecule has 0 aliphatic heterocycles. The van der Waals surface area contributed by atoms with Crippen molar-refractivity contribution in [2.75, 3.05) is 0 Å². The van der Waals surface area contributed by atoms with Gasteiger partial charge in [0.15, 0.2) is 5.82 Å². The van der Waals surface area contributed by atoms with E-state index in [-0.39, 0.29) is 11.4 Å². The number of carboxylic acids is 1. The molecule has 0 aliphatic carbocycles. The van der Waals surface area contributed by atoms with Gasteiger partial charge in [-0.2, -0.15) is 0 Å². The number of halogens is 1. The smallest absolute Gasteiger partial charge is 0.339 e. The first kappa shape index (κ1) is 13.1. The van der Waals surface area contributed by atoms with E-state index < -0.39 is 5.97 Å². The molecule has 98 valence electrons. The monoisotopic (exact) mass is 260 g/mol. The Bertz CT molecular complexity index is 645. The van der Waals surface area contributed by atoms with Crippen molar-refractivity contribution in [2.24, 2.45) is 0 Å². The Kier molecular flexibility index (Phi) is 3.29. The number of carboxylic acid groups (broad SMARTS) is 1. The van der Waals surface area contributed by atoms with Gasteiger partial charge in [0.25, 0.3) is 0 Å². The van der Waals surface area contributed by atoms with Crippen LogP contribution in [0.25, 0.3) is 11.4 Å². The van der Waals surface area contributed by atoms with Gasteiger partial charge in [-0.05, 0) is 44.5 Å². The molecule has 19 heavy (non-hydrogen) atoms. The van der Waals surface area contributed by atoms with Gasteiger partial charge in [-0.1, -0.05) is 0 Å². The average Bonchev–Trinajstić information content (AvgIpc) is 2.26. The zero-order valence-corrected chi connectivity index (χ0v) is 10.9. The summed E-state index contributed by atoms with van der Waals surface area (Å²) in [6.45, 7) is 5.01. The molecule has 1 aromatic carbocycles. The van der Waals surface area contributed by atoms with E-state index in [1.807, 2.05) is 0 Å². The molecule has 0 amide bonds. The van der Waals surface area contributed by atoms with Gasteiger partial charge >= 0.3 is 5.97 Å². The predicted molar refractivity (Wildman–Crippen MR) is 68.6 cm³/mol. The first-order chi connectivity index (χ1) is 8.90. The van der Waals surface area contributed by atoms with E-state index in [4.69, 9.17) is 5.11 Å². The van der Waals surface area contributed by atoms with E-state index in [1.165, 1.54) is 12.1 Å². The van der Waals surface area contributed by atoms with Gasteiger partial charge < -0.3 is 5.11 Å². The van der Waals surface area contributed by atoms with Gasteiger partial charge in [0, 0.05) is 5.56 Å². The number of benzene rings is 1. The van der Waals surface area contributed by atoms with E-state index in [2.05, 4.69) is 9.97 Å². The van der Waals surface area contributed by atoms with Crippen molar-refractivity contribution in [3.05, 3.63) is 46.5 Å². The lowest BCUT2D eigenvalue weighted by molar-refractivity contribution is 0.0694. The molecular weight excluding hydrogens is 247 g/mol. The molecule has 5 heteroatoms. The summed E-state index contributed by atoms with van der Waals surface area (Å²) in [7, 11) is 0. The molecule has 0 aliphatic rings. The van der Waals surface area contributed by atoms with Crippen LogP contribution in [0, 0.1) is 26.6 Å². The van der Waals surface area contributed by atoms with Crippen molar-refractivity contribution in [1.82, 2.24) is 9.97 Å². The second-order valence-electron chi connectivity index (χ2n) is 4.36. The Hall–Kier alpha value is -2.30. The number of hydrogen-bond acceptors (Lipinski definition) is 3. The first-order valence-electron chi connectivity index (χ1n) is 5.75. The summed E-state index contributed by atoms with van der Waals surface area (Å²) >= 11 is 0. The van der Waals surface area contributed by atoms with Crippen LogP contribution in [0.3, 0.4) is 0 Å². The molecule has 1 heterocycles. The number of nitrogens with zero attached hydrogens (tertiary/aromatic N) is 2. The molecule has 0 bridgehead atoms. The highest BCUT2D eigenvalue weighted by atomic mass is 19.1. The topological polar surface area (TPSA) is 63.1 Å². The SMILES string of the molecule is Cc1cc(F)ccc1-c1nc(C)c(C(=O)O)c(C)n1. The molecule has 0 saturated heterocycles. The summed E-state index contributed by atoms with van der Waals surface area (Å²) in [4.78, 5) is 19.5. The molecule has 0 radical (unpaired) electrons. The van der Waals surface area contributed by atoms with Crippen molar-refractivity contribution < 1.29 is 14.3 Å². The second kappa shape index (κ2) is 4.76. The van der Waals surface area contributed by atoms with Crippen LogP contribution in [0.2, 0.25) is 0 Å². The van der Waals surface area contributed by atoms with Crippen molar-refractivity contribution in [3.63, 3.8) is 0 Å². The molecule has 1 aromatic heterocycles. The highest BCUT2D eigenvalue weighted by Gasteiger charge is 2.16. The third-order valence-electron chi connectivity index (χ3n) is 2.91. The second-order valence-corrected chi connectivity index (χ2v) is 4.36. The molecule has 0 saturated carbocycles. The van der Waals surface area contributed by atoms with Crippen LogP contribution in [0.5, 0.6) is 0 Å². The van der Waals surface area contributed by atoms with Crippen LogP contribution >= 0.6 is 0 Å². The Morgan fingerprint density at radius 3 is 2.21 bits per heavy atom. The summed E-state index contributed by atoms with van der Waals surface area (Å²) in [5.41, 5.74) is 2.33. The fourth-order valence-corrected chi connectivity index (χ4v) is 2.02. The van der Waals surface area contributed by atoms with Gasteiger partial charge in [0.1, 0.15) is 11.4 Å². The molecule has 1 N–H and O–H groups in total. The molecule has 0 atom stereocenters. The van der Waals surface area contributed by atoms with Crippen LogP contribution in [0.4, 0.5) is 4.39 Å². The zero-order chi connectivity index (χ0) is 14.2. The van der Waals surface area contributed by atoms with Crippen LogP contribution in [-0.2, 0) is 0 Å². The highest BCUT2D eigenvalue weighted by Crippen LogP contribution is 2.22. The molecule has 2 rings (SSSR count). The van der Waals surface area contributed by atoms with E-state index in [9.17, 15) is 9.18 Å². The van der Waals surface area contributed by atoms with Crippen LogP contribution in [0.15, 0.2) is 18.2 Å². The molecule has 0 fully saturated rings. The van der Waals surface area contributed by atoms with E-state index in [0.717, 1.165) is 0 Å². The number of carbonyl (C=O) groups is 1. The lowest BCUT2D eigenvalue weighted by atomic mass is 10.1. The quantitative estimate of drug-likeness (QED) is 0.901. The number of rotatable bonds is 2. The lowest BCUT2D eigenvalue weighted by Crippen LogP contribution is -2.08. The third kappa shape index (κ3) is 2.45. The standard InChI is InChI=1S/C14H13FN2O2/c1-7-6-10(15)4-5-11(7)13-16-8(2)12(14(18)19)9(3)17-13/h4-6H,1-3H3,(H,18,19). The molecular formula is C14H13FN2O2. The molecule has 0 spiro atoms. The maximum Gasteiger partial charge on any atom is 0.339 e. The van der Waals surface area contributed by atoms with Crippen molar-refractivity contribution >= 4 is 5.97 Å². The summed E-state index contributed by atoms with van der Waals surface area (Å²) in [5, 5.41) is 9.07. The van der Waals surface area contributed by atoms with Crippen LogP contribution in [0.1, 0.15) is 27.3 Å². The fraction of sp³-hybridized carbons (Fsp3) is 0.214. The molecule has 2 aromatic rings. The number of hydrogen-bond donors (Lipinski definition) is 1. The maximum atomic E-state index is 13.1. The first-order valence-corrected chi connectivity index (χ1v) is 5.75. The minimum Gasteiger partial charge on any atom is -0.478 e. The van der Waals surface area contributed by atoms with E-state index >= 15 is 0 Å². The van der Waals surface area contributed by atoms with Gasteiger partial charge in [0.05, 0.1) is 11.4 Å². The third-order valence-corrected chi connectivity index (χ3v) is 2.91. The van der Waals surface area contributed by atoms with Crippen LogP contribution < -0.4 is 0 Å². The number of aromatic carboxylic acids is 1. The van der Waals surface area contributed by atoms with Crippen LogP contribution in [-0.4, -0.2) is 21.0 Å². The maximum absolute atomic E-state index is 13.1. The zero-order valence-electron chi connectivity index (χ0n) is 10.9. The average molecular weight is 260 g/mol. The number of aryl methyl sites for hydroxylation is 3. The highest BCUT2D eigenvalue weighted by molar-refractivity contribution is 5.90. The van der Waals surface area contributed by atoms with Crippen molar-refractivity contribution in [1.29, 1.82) is 0 Å². The van der Waals surface area contributed by atoms with Gasteiger partial charge in [-0.3, -0.25) is 0 Å². The summed E-state index contributed by atoms with van der Waals surface area (Å²) in [6, 6.07) is 4.33. The van der Waals surface area contributed by atoms with Gasteiger partial charge in [-0.15, -0.1) is 0 Å². The van der Waals surface area contributed by atoms with E-state index in [1.54, 1.807) is 26.8 Å². The van der Waals surface area contributed by atoms with Crippen molar-refractivity contribution in [2.45, 2.75) is 20.8 Å². The Morgan fingerprint density at radius 2 is 1.74 bits per heavy atom. The van der Waals surface area contributed by atoms with E-state index in [0.29, 0.717) is 28.3 Å². The lowest BCUT2D eigenvalue weighted by Gasteiger charge is -2.09. The Balaban J connectivity index is 2.61. The molecule has 4 nitrogen and oxygen atoms in total. The number of aromatic nitrogens is 2. The van der Waals surface area contributed by atoms with Gasteiger partial charge in [-0.25, -0.2) is 19.2 Å². The Morgan fingerprint density at radius 1 is 1.16 bits per heavy atom. The summed E-state index contributed by atoms with van der Waals surface area (Å²) < 4.78 is 13.1. The largest absolute Gasteiger partial charge is 0.478 e. The minimum absolute atomic E-state index is 0.114.